The molecule has 0 spiro atoms. The van der Waals surface area contributed by atoms with Crippen LogP contribution in [0.3, 0.4) is 0 Å². The van der Waals surface area contributed by atoms with Crippen LogP contribution in [0, 0.1) is 5.92 Å². The fraction of sp³-hybridized carbons (Fsp3) is 0.667. The number of benzene rings is 1. The average Bonchev–Trinajstić information content (AvgIpc) is 2.58. The SMILES string of the molecule is O=C(NC1CCCCCCC1)C1CCCN(Cc2ccccc2)C1. The van der Waals surface area contributed by atoms with Crippen LogP contribution in [0.1, 0.15) is 63.4 Å². The molecule has 2 aliphatic rings. The largest absolute Gasteiger partial charge is 0.353 e. The maximum absolute atomic E-state index is 12.7. The van der Waals surface area contributed by atoms with Crippen LogP contribution < -0.4 is 5.32 Å². The molecule has 1 unspecified atom stereocenters. The summed E-state index contributed by atoms with van der Waals surface area (Å²) >= 11 is 0. The van der Waals surface area contributed by atoms with Crippen LogP contribution >= 0.6 is 0 Å². The van der Waals surface area contributed by atoms with Crippen LogP contribution in [-0.2, 0) is 11.3 Å². The predicted octanol–water partition coefficient (Wildman–Crippen LogP) is 4.13. The van der Waals surface area contributed by atoms with E-state index in [-0.39, 0.29) is 5.92 Å². The maximum atomic E-state index is 12.7. The Kier molecular flexibility index (Phi) is 6.71. The van der Waals surface area contributed by atoms with Gasteiger partial charge in [-0.3, -0.25) is 9.69 Å². The molecule has 3 nitrogen and oxygen atoms in total. The molecule has 132 valence electrons. The summed E-state index contributed by atoms with van der Waals surface area (Å²) in [6.45, 7) is 2.99. The first-order valence-corrected chi connectivity index (χ1v) is 9.88. The number of amides is 1. The van der Waals surface area contributed by atoms with Gasteiger partial charge in [0.25, 0.3) is 0 Å². The van der Waals surface area contributed by atoms with Crippen LogP contribution in [-0.4, -0.2) is 29.9 Å². The van der Waals surface area contributed by atoms with E-state index in [0.29, 0.717) is 11.9 Å². The quantitative estimate of drug-likeness (QED) is 0.901. The molecular weight excluding hydrogens is 296 g/mol. The van der Waals surface area contributed by atoms with E-state index in [2.05, 4.69) is 40.5 Å². The van der Waals surface area contributed by atoms with E-state index in [4.69, 9.17) is 0 Å². The zero-order valence-electron chi connectivity index (χ0n) is 14.9. The van der Waals surface area contributed by atoms with Gasteiger partial charge in [0, 0.05) is 19.1 Å². The Labute approximate surface area is 146 Å². The second-order valence-corrected chi connectivity index (χ2v) is 7.61. The molecule has 1 saturated carbocycles. The first-order valence-electron chi connectivity index (χ1n) is 9.88. The molecule has 0 bridgehead atoms. The molecule has 3 heteroatoms. The summed E-state index contributed by atoms with van der Waals surface area (Å²) in [5.74, 6) is 0.478. The number of nitrogens with zero attached hydrogens (tertiary/aromatic N) is 1. The molecule has 1 aromatic carbocycles. The van der Waals surface area contributed by atoms with Gasteiger partial charge in [0.1, 0.15) is 0 Å². The van der Waals surface area contributed by atoms with E-state index in [1.807, 2.05) is 0 Å². The smallest absolute Gasteiger partial charge is 0.224 e. The molecule has 1 atom stereocenters. The van der Waals surface area contributed by atoms with Crippen molar-refractivity contribution >= 4 is 5.91 Å². The summed E-state index contributed by atoms with van der Waals surface area (Å²) < 4.78 is 0. The number of hydrogen-bond acceptors (Lipinski definition) is 2. The molecule has 24 heavy (non-hydrogen) atoms. The first kappa shape index (κ1) is 17.5. The van der Waals surface area contributed by atoms with E-state index < -0.39 is 0 Å². The summed E-state index contributed by atoms with van der Waals surface area (Å²) in [4.78, 5) is 15.2. The molecule has 1 aromatic rings. The molecule has 0 radical (unpaired) electrons. The Bertz CT molecular complexity index is 494. The number of hydrogen-bond donors (Lipinski definition) is 1. The Morgan fingerprint density at radius 3 is 2.42 bits per heavy atom. The first-order chi connectivity index (χ1) is 11.8. The number of rotatable bonds is 4. The van der Waals surface area contributed by atoms with E-state index in [9.17, 15) is 4.79 Å². The molecule has 0 aromatic heterocycles. The average molecular weight is 328 g/mol. The highest BCUT2D eigenvalue weighted by molar-refractivity contribution is 5.79. The number of piperidine rings is 1. The van der Waals surface area contributed by atoms with Crippen molar-refractivity contribution in [1.82, 2.24) is 10.2 Å². The van der Waals surface area contributed by atoms with E-state index in [1.165, 1.54) is 50.5 Å². The Morgan fingerprint density at radius 1 is 0.958 bits per heavy atom. The van der Waals surface area contributed by atoms with Crippen molar-refractivity contribution in [3.63, 3.8) is 0 Å². The maximum Gasteiger partial charge on any atom is 0.224 e. The molecule has 1 saturated heterocycles. The van der Waals surface area contributed by atoms with Gasteiger partial charge < -0.3 is 5.32 Å². The standard InChI is InChI=1S/C21H32N2O/c24-21(22-20-13-7-2-1-3-8-14-20)19-12-9-15-23(17-19)16-18-10-5-4-6-11-18/h4-6,10-11,19-20H,1-3,7-9,12-17H2,(H,22,24). The normalized spacial score (nSPS) is 24.1. The number of likely N-dealkylation sites (tertiary alicyclic amines) is 1. The summed E-state index contributed by atoms with van der Waals surface area (Å²) in [6.07, 6.45) is 11.1. The lowest BCUT2D eigenvalue weighted by molar-refractivity contribution is -0.127. The van der Waals surface area contributed by atoms with Crippen molar-refractivity contribution in [1.29, 1.82) is 0 Å². The van der Waals surface area contributed by atoms with Gasteiger partial charge in [0.2, 0.25) is 5.91 Å². The van der Waals surface area contributed by atoms with Crippen LogP contribution in [0.2, 0.25) is 0 Å². The molecular formula is C21H32N2O. The number of nitrogens with one attached hydrogen (secondary N) is 1. The van der Waals surface area contributed by atoms with E-state index in [0.717, 1.165) is 32.5 Å². The van der Waals surface area contributed by atoms with Crippen molar-refractivity contribution in [2.45, 2.75) is 70.4 Å². The zero-order chi connectivity index (χ0) is 16.6. The van der Waals surface area contributed by atoms with Gasteiger partial charge in [0.05, 0.1) is 5.92 Å². The van der Waals surface area contributed by atoms with Crippen molar-refractivity contribution in [3.05, 3.63) is 35.9 Å². The highest BCUT2D eigenvalue weighted by Crippen LogP contribution is 2.21. The van der Waals surface area contributed by atoms with E-state index >= 15 is 0 Å². The summed E-state index contributed by atoms with van der Waals surface area (Å²) in [7, 11) is 0. The monoisotopic (exact) mass is 328 g/mol. The second kappa shape index (κ2) is 9.22. The zero-order valence-corrected chi connectivity index (χ0v) is 14.9. The van der Waals surface area contributed by atoms with Gasteiger partial charge >= 0.3 is 0 Å². The van der Waals surface area contributed by atoms with Crippen molar-refractivity contribution in [2.75, 3.05) is 13.1 Å². The third-order valence-corrected chi connectivity index (χ3v) is 5.58. The highest BCUT2D eigenvalue weighted by atomic mass is 16.2. The van der Waals surface area contributed by atoms with Gasteiger partial charge in [-0.1, -0.05) is 62.4 Å². The van der Waals surface area contributed by atoms with Gasteiger partial charge in [0.15, 0.2) is 0 Å². The second-order valence-electron chi connectivity index (χ2n) is 7.61. The molecule has 1 aliphatic carbocycles. The third-order valence-electron chi connectivity index (χ3n) is 5.58. The minimum Gasteiger partial charge on any atom is -0.353 e. The fourth-order valence-corrected chi connectivity index (χ4v) is 4.17. The Morgan fingerprint density at radius 2 is 1.67 bits per heavy atom. The fourth-order valence-electron chi connectivity index (χ4n) is 4.17. The van der Waals surface area contributed by atoms with Gasteiger partial charge in [-0.2, -0.15) is 0 Å². The minimum atomic E-state index is 0.174. The topological polar surface area (TPSA) is 32.3 Å². The summed E-state index contributed by atoms with van der Waals surface area (Å²) in [5, 5.41) is 3.38. The number of carbonyl (C=O) groups is 1. The molecule has 2 fully saturated rings. The summed E-state index contributed by atoms with van der Waals surface area (Å²) in [5.41, 5.74) is 1.35. The van der Waals surface area contributed by atoms with Crippen molar-refractivity contribution in [2.24, 2.45) is 5.92 Å². The van der Waals surface area contributed by atoms with Crippen LogP contribution in [0.5, 0.6) is 0 Å². The van der Waals surface area contributed by atoms with Crippen LogP contribution in [0.15, 0.2) is 30.3 Å². The lowest BCUT2D eigenvalue weighted by Crippen LogP contribution is -2.45. The summed E-state index contributed by atoms with van der Waals surface area (Å²) in [6, 6.07) is 11.0. The number of carbonyl (C=O) groups excluding carboxylic acids is 1. The molecule has 3 rings (SSSR count). The van der Waals surface area contributed by atoms with Crippen LogP contribution in [0.4, 0.5) is 0 Å². The van der Waals surface area contributed by atoms with Crippen molar-refractivity contribution < 1.29 is 4.79 Å². The van der Waals surface area contributed by atoms with Gasteiger partial charge in [-0.25, -0.2) is 0 Å². The lowest BCUT2D eigenvalue weighted by Gasteiger charge is -2.33. The minimum absolute atomic E-state index is 0.174. The molecule has 1 N–H and O–H groups in total. The van der Waals surface area contributed by atoms with Gasteiger partial charge in [-0.15, -0.1) is 0 Å². The third kappa shape index (κ3) is 5.34. The predicted molar refractivity (Wildman–Crippen MR) is 98.7 cm³/mol. The Hall–Kier alpha value is -1.35. The molecule has 1 amide bonds. The molecule has 1 aliphatic heterocycles. The Balaban J connectivity index is 1.49. The van der Waals surface area contributed by atoms with Crippen molar-refractivity contribution in [3.8, 4) is 0 Å². The molecule has 1 heterocycles. The van der Waals surface area contributed by atoms with Crippen LogP contribution in [0.25, 0.3) is 0 Å². The highest BCUT2D eigenvalue weighted by Gasteiger charge is 2.27. The van der Waals surface area contributed by atoms with Gasteiger partial charge in [-0.05, 0) is 37.8 Å². The lowest BCUT2D eigenvalue weighted by atomic mass is 9.93. The van der Waals surface area contributed by atoms with E-state index in [1.54, 1.807) is 0 Å².